The van der Waals surface area contributed by atoms with Gasteiger partial charge in [-0.15, -0.1) is 0 Å². The zero-order valence-corrected chi connectivity index (χ0v) is 10.3. The first kappa shape index (κ1) is 13.4. The van der Waals surface area contributed by atoms with Gasteiger partial charge in [-0.25, -0.2) is 4.98 Å². The van der Waals surface area contributed by atoms with Crippen LogP contribution in [0, 0.1) is 0 Å². The number of methoxy groups -OCH3 is 1. The van der Waals surface area contributed by atoms with Gasteiger partial charge in [0.05, 0.1) is 18.1 Å². The SMILES string of the molecule is COc1ccc2nc(C(C)=O)n(CC(F)(F)F)c2c1. The molecule has 1 aromatic heterocycles. The van der Waals surface area contributed by atoms with E-state index < -0.39 is 18.5 Å². The van der Waals surface area contributed by atoms with Crippen molar-refractivity contribution in [1.29, 1.82) is 0 Å². The van der Waals surface area contributed by atoms with Crippen LogP contribution in [0.15, 0.2) is 18.2 Å². The zero-order valence-electron chi connectivity index (χ0n) is 10.3. The molecule has 0 radical (unpaired) electrons. The highest BCUT2D eigenvalue weighted by Crippen LogP contribution is 2.26. The van der Waals surface area contributed by atoms with E-state index >= 15 is 0 Å². The van der Waals surface area contributed by atoms with Crippen LogP contribution in [-0.4, -0.2) is 28.6 Å². The average Bonchev–Trinajstić information content (AvgIpc) is 2.65. The summed E-state index contributed by atoms with van der Waals surface area (Å²) in [4.78, 5) is 15.3. The molecule has 0 atom stereocenters. The summed E-state index contributed by atoms with van der Waals surface area (Å²) < 4.78 is 43.6. The Labute approximate surface area is 106 Å². The molecule has 102 valence electrons. The highest BCUT2D eigenvalue weighted by atomic mass is 19.4. The van der Waals surface area contributed by atoms with Crippen molar-refractivity contribution in [3.63, 3.8) is 0 Å². The summed E-state index contributed by atoms with van der Waals surface area (Å²) in [5, 5.41) is 0. The molecule has 2 aromatic rings. The summed E-state index contributed by atoms with van der Waals surface area (Å²) >= 11 is 0. The van der Waals surface area contributed by atoms with Crippen molar-refractivity contribution in [2.75, 3.05) is 7.11 Å². The first-order valence-electron chi connectivity index (χ1n) is 5.44. The minimum absolute atomic E-state index is 0.208. The Kier molecular flexibility index (Phi) is 3.21. The molecule has 0 amide bonds. The van der Waals surface area contributed by atoms with Gasteiger partial charge < -0.3 is 9.30 Å². The Bertz CT molecular complexity index is 632. The van der Waals surface area contributed by atoms with Gasteiger partial charge in [-0.3, -0.25) is 4.79 Å². The van der Waals surface area contributed by atoms with E-state index in [1.165, 1.54) is 26.2 Å². The van der Waals surface area contributed by atoms with Crippen LogP contribution < -0.4 is 4.74 Å². The molecule has 0 aliphatic rings. The van der Waals surface area contributed by atoms with E-state index in [-0.39, 0.29) is 11.3 Å². The van der Waals surface area contributed by atoms with Crippen LogP contribution in [0.2, 0.25) is 0 Å². The fraction of sp³-hybridized carbons (Fsp3) is 0.333. The summed E-state index contributed by atoms with van der Waals surface area (Å²) in [5.41, 5.74) is 0.553. The number of Topliss-reactive ketones (excluding diaryl/α,β-unsaturated/α-hetero) is 1. The number of halogens is 3. The van der Waals surface area contributed by atoms with E-state index in [0.29, 0.717) is 11.3 Å². The lowest BCUT2D eigenvalue weighted by Gasteiger charge is -2.10. The number of hydrogen-bond acceptors (Lipinski definition) is 3. The third-order valence-corrected chi connectivity index (χ3v) is 2.61. The van der Waals surface area contributed by atoms with Crippen LogP contribution in [0.3, 0.4) is 0 Å². The predicted molar refractivity (Wildman–Crippen MR) is 62.3 cm³/mol. The van der Waals surface area contributed by atoms with Gasteiger partial charge in [0.2, 0.25) is 0 Å². The molecule has 0 unspecified atom stereocenters. The molecule has 0 bridgehead atoms. The molecule has 7 heteroatoms. The van der Waals surface area contributed by atoms with Gasteiger partial charge in [0.1, 0.15) is 12.3 Å². The van der Waals surface area contributed by atoms with E-state index in [1.54, 1.807) is 6.07 Å². The Hall–Kier alpha value is -2.05. The number of fused-ring (bicyclic) bond motifs is 1. The topological polar surface area (TPSA) is 44.1 Å². The maximum Gasteiger partial charge on any atom is 0.406 e. The maximum absolute atomic E-state index is 12.6. The van der Waals surface area contributed by atoms with Crippen molar-refractivity contribution in [2.45, 2.75) is 19.6 Å². The van der Waals surface area contributed by atoms with Crippen LogP contribution in [-0.2, 0) is 6.54 Å². The van der Waals surface area contributed by atoms with Crippen LogP contribution in [0.5, 0.6) is 5.75 Å². The maximum atomic E-state index is 12.6. The quantitative estimate of drug-likeness (QED) is 0.807. The summed E-state index contributed by atoms with van der Waals surface area (Å²) in [6.45, 7) is -0.0725. The number of aromatic nitrogens is 2. The number of ether oxygens (including phenoxy) is 1. The molecule has 1 aromatic carbocycles. The number of nitrogens with zero attached hydrogens (tertiary/aromatic N) is 2. The molecule has 2 rings (SSSR count). The van der Waals surface area contributed by atoms with Gasteiger partial charge in [0.15, 0.2) is 11.6 Å². The van der Waals surface area contributed by atoms with Crippen molar-refractivity contribution < 1.29 is 22.7 Å². The fourth-order valence-corrected chi connectivity index (χ4v) is 1.84. The van der Waals surface area contributed by atoms with Crippen molar-refractivity contribution in [3.8, 4) is 5.75 Å². The average molecular weight is 272 g/mol. The lowest BCUT2D eigenvalue weighted by molar-refractivity contribution is -0.140. The largest absolute Gasteiger partial charge is 0.497 e. The van der Waals surface area contributed by atoms with Crippen molar-refractivity contribution in [2.24, 2.45) is 0 Å². The minimum atomic E-state index is -4.43. The molecule has 0 spiro atoms. The molecule has 4 nitrogen and oxygen atoms in total. The molecule has 1 heterocycles. The minimum Gasteiger partial charge on any atom is -0.497 e. The smallest absolute Gasteiger partial charge is 0.406 e. The van der Waals surface area contributed by atoms with Crippen molar-refractivity contribution in [1.82, 2.24) is 9.55 Å². The molecule has 0 saturated heterocycles. The Morgan fingerprint density at radius 3 is 2.63 bits per heavy atom. The lowest BCUT2D eigenvalue weighted by Crippen LogP contribution is -2.20. The normalized spacial score (nSPS) is 11.8. The van der Waals surface area contributed by atoms with E-state index in [4.69, 9.17) is 4.74 Å². The molecule has 19 heavy (non-hydrogen) atoms. The first-order valence-corrected chi connectivity index (χ1v) is 5.44. The lowest BCUT2D eigenvalue weighted by atomic mass is 10.3. The summed E-state index contributed by atoms with van der Waals surface area (Å²) in [6.07, 6.45) is -4.43. The van der Waals surface area contributed by atoms with Crippen LogP contribution in [0.4, 0.5) is 13.2 Å². The molecule has 0 saturated carbocycles. The van der Waals surface area contributed by atoms with Gasteiger partial charge in [-0.2, -0.15) is 13.2 Å². The molecule has 0 fully saturated rings. The van der Waals surface area contributed by atoms with Crippen molar-refractivity contribution in [3.05, 3.63) is 24.0 Å². The summed E-state index contributed by atoms with van der Waals surface area (Å²) in [7, 11) is 1.41. The zero-order chi connectivity index (χ0) is 14.2. The first-order chi connectivity index (χ1) is 8.81. The monoisotopic (exact) mass is 272 g/mol. The van der Waals surface area contributed by atoms with Crippen molar-refractivity contribution >= 4 is 16.8 Å². The molecular formula is C12H11F3N2O2. The summed E-state index contributed by atoms with van der Waals surface area (Å²) in [6, 6.07) is 4.53. The number of benzene rings is 1. The number of imidazole rings is 1. The fourth-order valence-electron chi connectivity index (χ4n) is 1.84. The van der Waals surface area contributed by atoms with E-state index in [2.05, 4.69) is 4.98 Å². The second kappa shape index (κ2) is 4.56. The predicted octanol–water partition coefficient (Wildman–Crippen LogP) is 2.81. The summed E-state index contributed by atoms with van der Waals surface area (Å²) in [5.74, 6) is -0.314. The van der Waals surface area contributed by atoms with Gasteiger partial charge >= 0.3 is 6.18 Å². The molecular weight excluding hydrogens is 261 g/mol. The van der Waals surface area contributed by atoms with Crippen LogP contribution >= 0.6 is 0 Å². The highest BCUT2D eigenvalue weighted by molar-refractivity contribution is 5.95. The highest BCUT2D eigenvalue weighted by Gasteiger charge is 2.31. The van der Waals surface area contributed by atoms with Crippen LogP contribution in [0.25, 0.3) is 11.0 Å². The Morgan fingerprint density at radius 1 is 1.42 bits per heavy atom. The van der Waals surface area contributed by atoms with E-state index in [9.17, 15) is 18.0 Å². The number of hydrogen-bond donors (Lipinski definition) is 0. The van der Waals surface area contributed by atoms with Gasteiger partial charge in [0, 0.05) is 13.0 Å². The van der Waals surface area contributed by atoms with Gasteiger partial charge in [-0.05, 0) is 12.1 Å². The second-order valence-corrected chi connectivity index (χ2v) is 4.05. The number of alkyl halides is 3. The molecule has 0 aliphatic heterocycles. The van der Waals surface area contributed by atoms with Crippen LogP contribution in [0.1, 0.15) is 17.5 Å². The van der Waals surface area contributed by atoms with Gasteiger partial charge in [-0.1, -0.05) is 0 Å². The van der Waals surface area contributed by atoms with E-state index in [0.717, 1.165) is 4.57 Å². The number of carbonyl (C=O) groups is 1. The third-order valence-electron chi connectivity index (χ3n) is 2.61. The third kappa shape index (κ3) is 2.69. The van der Waals surface area contributed by atoms with E-state index in [1.807, 2.05) is 0 Å². The molecule has 0 aliphatic carbocycles. The second-order valence-electron chi connectivity index (χ2n) is 4.05. The Morgan fingerprint density at radius 2 is 2.11 bits per heavy atom. The molecule has 0 N–H and O–H groups in total. The number of carbonyl (C=O) groups excluding carboxylic acids is 1. The van der Waals surface area contributed by atoms with Gasteiger partial charge in [0.25, 0.3) is 0 Å². The number of ketones is 1. The Balaban J connectivity index is 2.67. The standard InChI is InChI=1S/C12H11F3N2O2/c1-7(18)11-16-9-4-3-8(19-2)5-10(9)17(11)6-12(13,14)15/h3-5H,6H2,1-2H3. The number of rotatable bonds is 3.